The van der Waals surface area contributed by atoms with Crippen LogP contribution in [0.5, 0.6) is 0 Å². The number of nitrogen functional groups attached to an aromatic ring is 1. The maximum Gasteiger partial charge on any atom is 0.150 e. The van der Waals surface area contributed by atoms with Crippen LogP contribution in [0.1, 0.15) is 12.5 Å². The van der Waals surface area contributed by atoms with Gasteiger partial charge in [0, 0.05) is 12.6 Å². The highest BCUT2D eigenvalue weighted by molar-refractivity contribution is 5.82. The number of ketones is 1. The fourth-order valence-electron chi connectivity index (χ4n) is 1.16. The van der Waals surface area contributed by atoms with Gasteiger partial charge in [-0.15, -0.1) is 0 Å². The van der Waals surface area contributed by atoms with E-state index in [2.05, 4.69) is 10.3 Å². The summed E-state index contributed by atoms with van der Waals surface area (Å²) in [6.07, 6.45) is 2.03. The molecule has 0 aliphatic carbocycles. The van der Waals surface area contributed by atoms with Crippen molar-refractivity contribution in [2.45, 2.75) is 13.3 Å². The average Bonchev–Trinajstić information content (AvgIpc) is 2.15. The molecular formula is C10H15N3O. The first-order chi connectivity index (χ1) is 6.72. The number of nitrogens with one attached hydrogen (secondary N) is 1. The van der Waals surface area contributed by atoms with Crippen LogP contribution < -0.4 is 11.1 Å². The minimum Gasteiger partial charge on any atom is -0.384 e. The second-order valence-electron chi connectivity index (χ2n) is 3.08. The summed E-state index contributed by atoms with van der Waals surface area (Å²) in [5, 5.41) is 2.99. The summed E-state index contributed by atoms with van der Waals surface area (Å²) in [5.74, 6) is 0.621. The third-order valence-corrected chi connectivity index (χ3v) is 1.82. The van der Waals surface area contributed by atoms with E-state index in [1.54, 1.807) is 18.3 Å². The predicted molar refractivity (Wildman–Crippen MR) is 55.9 cm³/mol. The lowest BCUT2D eigenvalue weighted by Crippen LogP contribution is -2.23. The minimum absolute atomic E-state index is 0.164. The van der Waals surface area contributed by atoms with Crippen molar-refractivity contribution >= 4 is 11.6 Å². The number of nitrogens with zero attached hydrogens (tertiary/aromatic N) is 1. The van der Waals surface area contributed by atoms with Gasteiger partial charge in [-0.05, 0) is 24.2 Å². The van der Waals surface area contributed by atoms with Crippen molar-refractivity contribution in [3.63, 3.8) is 0 Å². The van der Waals surface area contributed by atoms with Gasteiger partial charge >= 0.3 is 0 Å². The van der Waals surface area contributed by atoms with Crippen LogP contribution in [0.15, 0.2) is 18.3 Å². The highest BCUT2D eigenvalue weighted by Gasteiger charge is 2.02. The monoisotopic (exact) mass is 193 g/mol. The van der Waals surface area contributed by atoms with Gasteiger partial charge in [-0.3, -0.25) is 4.79 Å². The van der Waals surface area contributed by atoms with Crippen molar-refractivity contribution in [1.82, 2.24) is 10.3 Å². The number of carbonyl (C=O) groups is 1. The number of nitrogens with two attached hydrogens (primary N) is 1. The third kappa shape index (κ3) is 3.53. The number of hydrogen-bond donors (Lipinski definition) is 2. The Bertz CT molecular complexity index is 312. The van der Waals surface area contributed by atoms with E-state index in [1.807, 2.05) is 6.92 Å². The number of rotatable bonds is 5. The van der Waals surface area contributed by atoms with Gasteiger partial charge in [0.05, 0.1) is 6.54 Å². The van der Waals surface area contributed by atoms with Crippen molar-refractivity contribution in [3.05, 3.63) is 23.9 Å². The Balaban J connectivity index is 2.47. The van der Waals surface area contributed by atoms with Crippen molar-refractivity contribution in [2.24, 2.45) is 0 Å². The van der Waals surface area contributed by atoms with Gasteiger partial charge in [0.1, 0.15) is 5.82 Å². The summed E-state index contributed by atoms with van der Waals surface area (Å²) in [5.41, 5.74) is 6.41. The van der Waals surface area contributed by atoms with Gasteiger partial charge in [-0.2, -0.15) is 0 Å². The summed E-state index contributed by atoms with van der Waals surface area (Å²) in [4.78, 5) is 15.2. The minimum atomic E-state index is 0.164. The molecule has 0 saturated carbocycles. The van der Waals surface area contributed by atoms with E-state index < -0.39 is 0 Å². The third-order valence-electron chi connectivity index (χ3n) is 1.82. The van der Waals surface area contributed by atoms with E-state index in [4.69, 9.17) is 5.73 Å². The van der Waals surface area contributed by atoms with E-state index in [9.17, 15) is 4.79 Å². The normalized spacial score (nSPS) is 10.1. The van der Waals surface area contributed by atoms with Crippen LogP contribution in [-0.2, 0) is 11.2 Å². The molecule has 0 atom stereocenters. The Kier molecular flexibility index (Phi) is 4.07. The Morgan fingerprint density at radius 1 is 1.64 bits per heavy atom. The van der Waals surface area contributed by atoms with Crippen LogP contribution in [0.25, 0.3) is 0 Å². The Morgan fingerprint density at radius 3 is 3.07 bits per heavy atom. The van der Waals surface area contributed by atoms with E-state index in [0.29, 0.717) is 18.8 Å². The highest BCUT2D eigenvalue weighted by Crippen LogP contribution is 2.03. The molecule has 0 aliphatic heterocycles. The number of Topliss-reactive ketones (excluding diaryl/α,β-unsaturated/α-hetero) is 1. The van der Waals surface area contributed by atoms with Crippen LogP contribution in [0.2, 0.25) is 0 Å². The fraction of sp³-hybridized carbons (Fsp3) is 0.400. The standard InChI is InChI=1S/C10H15N3O/c1-2-12-7-9(14)5-8-3-4-13-10(11)6-8/h3-4,6,12H,2,5,7H2,1H3,(H2,11,13). The van der Waals surface area contributed by atoms with E-state index in [1.165, 1.54) is 0 Å². The lowest BCUT2D eigenvalue weighted by molar-refractivity contribution is -0.117. The molecule has 0 unspecified atom stereocenters. The first-order valence-corrected chi connectivity index (χ1v) is 4.65. The predicted octanol–water partition coefficient (Wildman–Crippen LogP) is 0.385. The molecule has 0 amide bonds. The highest BCUT2D eigenvalue weighted by atomic mass is 16.1. The number of carbonyl (C=O) groups excluding carboxylic acids is 1. The molecule has 4 nitrogen and oxygen atoms in total. The number of pyridine rings is 1. The van der Waals surface area contributed by atoms with Gasteiger partial charge in [0.25, 0.3) is 0 Å². The zero-order valence-electron chi connectivity index (χ0n) is 8.29. The molecular weight excluding hydrogens is 178 g/mol. The Morgan fingerprint density at radius 2 is 2.43 bits per heavy atom. The zero-order valence-corrected chi connectivity index (χ0v) is 8.29. The maximum atomic E-state index is 11.4. The van der Waals surface area contributed by atoms with Crippen LogP contribution in [0.3, 0.4) is 0 Å². The molecule has 3 N–H and O–H groups in total. The van der Waals surface area contributed by atoms with Crippen molar-refractivity contribution in [2.75, 3.05) is 18.8 Å². The molecule has 1 aromatic rings. The molecule has 14 heavy (non-hydrogen) atoms. The summed E-state index contributed by atoms with van der Waals surface area (Å²) < 4.78 is 0. The van der Waals surface area contributed by atoms with Gasteiger partial charge in [0.15, 0.2) is 5.78 Å². The first-order valence-electron chi connectivity index (χ1n) is 4.65. The van der Waals surface area contributed by atoms with Gasteiger partial charge < -0.3 is 11.1 Å². The van der Waals surface area contributed by atoms with Gasteiger partial charge in [-0.1, -0.05) is 6.92 Å². The molecule has 0 spiro atoms. The van der Waals surface area contributed by atoms with Gasteiger partial charge in [0.2, 0.25) is 0 Å². The smallest absolute Gasteiger partial charge is 0.150 e. The summed E-state index contributed by atoms with van der Waals surface area (Å²) in [6.45, 7) is 3.20. The molecule has 1 aromatic heterocycles. The second kappa shape index (κ2) is 5.34. The number of likely N-dealkylation sites (N-methyl/N-ethyl adjacent to an activating group) is 1. The number of hydrogen-bond acceptors (Lipinski definition) is 4. The number of aromatic nitrogens is 1. The van der Waals surface area contributed by atoms with Gasteiger partial charge in [-0.25, -0.2) is 4.98 Å². The number of anilines is 1. The quantitative estimate of drug-likeness (QED) is 0.709. The van der Waals surface area contributed by atoms with Crippen molar-refractivity contribution < 1.29 is 4.79 Å². The average molecular weight is 193 g/mol. The van der Waals surface area contributed by atoms with E-state index in [0.717, 1.165) is 12.1 Å². The maximum absolute atomic E-state index is 11.4. The molecule has 0 aromatic carbocycles. The van der Waals surface area contributed by atoms with Crippen molar-refractivity contribution in [3.8, 4) is 0 Å². The summed E-state index contributed by atoms with van der Waals surface area (Å²) in [6, 6.07) is 3.53. The molecule has 0 bridgehead atoms. The molecule has 0 aliphatic rings. The topological polar surface area (TPSA) is 68.0 Å². The van der Waals surface area contributed by atoms with Crippen molar-refractivity contribution in [1.29, 1.82) is 0 Å². The largest absolute Gasteiger partial charge is 0.384 e. The SMILES string of the molecule is CCNCC(=O)Cc1ccnc(N)c1. The van der Waals surface area contributed by atoms with E-state index >= 15 is 0 Å². The summed E-state index contributed by atoms with van der Waals surface area (Å²) in [7, 11) is 0. The lowest BCUT2D eigenvalue weighted by Gasteiger charge is -2.02. The molecule has 4 heteroatoms. The fourth-order valence-corrected chi connectivity index (χ4v) is 1.16. The second-order valence-corrected chi connectivity index (χ2v) is 3.08. The van der Waals surface area contributed by atoms with Crippen LogP contribution in [0.4, 0.5) is 5.82 Å². The molecule has 0 fully saturated rings. The molecule has 1 rings (SSSR count). The molecule has 0 radical (unpaired) electrons. The first kappa shape index (κ1) is 10.7. The molecule has 0 saturated heterocycles. The lowest BCUT2D eigenvalue weighted by atomic mass is 10.1. The van der Waals surface area contributed by atoms with E-state index in [-0.39, 0.29) is 5.78 Å². The van der Waals surface area contributed by atoms with Crippen LogP contribution in [-0.4, -0.2) is 23.9 Å². The Labute approximate surface area is 83.5 Å². The summed E-state index contributed by atoms with van der Waals surface area (Å²) >= 11 is 0. The molecule has 76 valence electrons. The van der Waals surface area contributed by atoms with Crippen LogP contribution >= 0.6 is 0 Å². The Hall–Kier alpha value is -1.42. The zero-order chi connectivity index (χ0) is 10.4. The van der Waals surface area contributed by atoms with Crippen LogP contribution in [0, 0.1) is 0 Å². The molecule has 1 heterocycles.